The van der Waals surface area contributed by atoms with Gasteiger partial charge >= 0.3 is 5.97 Å². The zero-order chi connectivity index (χ0) is 13.8. The second-order valence-electron chi connectivity index (χ2n) is 4.58. The molecule has 1 aliphatic heterocycles. The maximum absolute atomic E-state index is 12.4. The molecule has 0 N–H and O–H groups in total. The van der Waals surface area contributed by atoms with Gasteiger partial charge in [-0.25, -0.2) is 4.79 Å². The molecular weight excluding hydrogens is 264 g/mol. The summed E-state index contributed by atoms with van der Waals surface area (Å²) in [6.45, 7) is 2.61. The Balaban J connectivity index is 2.14. The van der Waals surface area contributed by atoms with Crippen LogP contribution >= 0.6 is 0 Å². The number of ether oxygens (including phenoxy) is 2. The summed E-state index contributed by atoms with van der Waals surface area (Å²) in [6.07, 6.45) is 0.833. The monoisotopic (exact) mass is 282 g/mol. The van der Waals surface area contributed by atoms with Crippen LogP contribution in [0.15, 0.2) is 24.3 Å². The maximum Gasteiger partial charge on any atom is 0.338 e. The molecule has 1 heterocycles. The smallest absolute Gasteiger partial charge is 0.338 e. The normalized spacial score (nSPS) is 24.1. The van der Waals surface area contributed by atoms with Gasteiger partial charge in [0.25, 0.3) is 0 Å². The van der Waals surface area contributed by atoms with Crippen molar-refractivity contribution in [3.05, 3.63) is 35.4 Å². The first kappa shape index (κ1) is 14.2. The van der Waals surface area contributed by atoms with Gasteiger partial charge in [-0.15, -0.1) is 0 Å². The van der Waals surface area contributed by atoms with Crippen molar-refractivity contribution < 1.29 is 18.5 Å². The van der Waals surface area contributed by atoms with Crippen LogP contribution in [0.2, 0.25) is 0 Å². The number of hydrogen-bond acceptors (Lipinski definition) is 4. The van der Waals surface area contributed by atoms with Gasteiger partial charge in [0.15, 0.2) is 0 Å². The molecule has 3 atom stereocenters. The highest BCUT2D eigenvalue weighted by Gasteiger charge is 2.30. The molecule has 5 heteroatoms. The van der Waals surface area contributed by atoms with E-state index in [4.69, 9.17) is 9.47 Å². The fourth-order valence-electron chi connectivity index (χ4n) is 2.27. The summed E-state index contributed by atoms with van der Waals surface area (Å²) >= 11 is 0. The number of esters is 1. The third-order valence-electron chi connectivity index (χ3n) is 3.36. The Kier molecular flexibility index (Phi) is 4.71. The lowest BCUT2D eigenvalue weighted by atomic mass is 10.1. The van der Waals surface area contributed by atoms with E-state index in [0.717, 1.165) is 12.0 Å². The number of methoxy groups -OCH3 is 1. The van der Waals surface area contributed by atoms with E-state index in [1.165, 1.54) is 7.11 Å². The van der Waals surface area contributed by atoms with Crippen molar-refractivity contribution in [1.29, 1.82) is 0 Å². The molecule has 0 aliphatic carbocycles. The highest BCUT2D eigenvalue weighted by Crippen LogP contribution is 2.22. The summed E-state index contributed by atoms with van der Waals surface area (Å²) in [5.74, 6) is -0.0211. The summed E-state index contributed by atoms with van der Waals surface area (Å²) < 4.78 is 22.5. The average Bonchev–Trinajstić information content (AvgIpc) is 2.85. The lowest BCUT2D eigenvalue weighted by Gasteiger charge is -2.14. The lowest BCUT2D eigenvalue weighted by molar-refractivity contribution is 0.0600. The molecule has 3 unspecified atom stereocenters. The third kappa shape index (κ3) is 3.22. The molecule has 1 saturated heterocycles. The van der Waals surface area contributed by atoms with Gasteiger partial charge in [0.05, 0.1) is 24.0 Å². The highest BCUT2D eigenvalue weighted by atomic mass is 32.2. The lowest BCUT2D eigenvalue weighted by Crippen LogP contribution is -2.24. The molecular formula is C14H18O4S. The fourth-order valence-corrected chi connectivity index (χ4v) is 3.91. The van der Waals surface area contributed by atoms with Crippen LogP contribution in [0.25, 0.3) is 0 Å². The minimum atomic E-state index is -1.04. The van der Waals surface area contributed by atoms with Crippen LogP contribution in [0, 0.1) is 0 Å². The number of rotatable bonds is 4. The van der Waals surface area contributed by atoms with Gasteiger partial charge in [0.2, 0.25) is 0 Å². The van der Waals surface area contributed by atoms with Gasteiger partial charge in [-0.2, -0.15) is 0 Å². The van der Waals surface area contributed by atoms with E-state index in [2.05, 4.69) is 0 Å². The summed E-state index contributed by atoms with van der Waals surface area (Å²) in [5.41, 5.74) is 1.26. The van der Waals surface area contributed by atoms with Crippen LogP contribution in [0.3, 0.4) is 0 Å². The summed E-state index contributed by atoms with van der Waals surface area (Å²) in [5, 5.41) is 0.0469. The molecule has 0 spiro atoms. The van der Waals surface area contributed by atoms with Gasteiger partial charge in [0.1, 0.15) is 0 Å². The Hall–Kier alpha value is -1.20. The van der Waals surface area contributed by atoms with Gasteiger partial charge in [-0.3, -0.25) is 4.21 Å². The summed E-state index contributed by atoms with van der Waals surface area (Å²) in [6, 6.07) is 7.14. The maximum atomic E-state index is 12.4. The van der Waals surface area contributed by atoms with Crippen LogP contribution in [0.4, 0.5) is 0 Å². The van der Waals surface area contributed by atoms with Crippen molar-refractivity contribution in [2.24, 2.45) is 0 Å². The molecule has 1 aliphatic rings. The molecule has 19 heavy (non-hydrogen) atoms. The second kappa shape index (κ2) is 6.30. The van der Waals surface area contributed by atoms with E-state index < -0.39 is 10.8 Å². The highest BCUT2D eigenvalue weighted by molar-refractivity contribution is 7.84. The quantitative estimate of drug-likeness (QED) is 0.792. The molecule has 1 aromatic carbocycles. The van der Waals surface area contributed by atoms with E-state index in [-0.39, 0.29) is 17.3 Å². The van der Waals surface area contributed by atoms with Crippen LogP contribution in [-0.4, -0.2) is 35.2 Å². The molecule has 0 amide bonds. The van der Waals surface area contributed by atoms with E-state index in [9.17, 15) is 9.00 Å². The van der Waals surface area contributed by atoms with Gasteiger partial charge in [0, 0.05) is 23.2 Å². The van der Waals surface area contributed by atoms with Crippen LogP contribution < -0.4 is 0 Å². The predicted octanol–water partition coefficient (Wildman–Crippen LogP) is 1.90. The van der Waals surface area contributed by atoms with E-state index in [1.807, 2.05) is 19.1 Å². The first-order chi connectivity index (χ1) is 9.13. The van der Waals surface area contributed by atoms with Crippen molar-refractivity contribution in [1.82, 2.24) is 0 Å². The van der Waals surface area contributed by atoms with Gasteiger partial charge in [-0.1, -0.05) is 18.2 Å². The minimum absolute atomic E-state index is 0.0196. The Morgan fingerprint density at radius 2 is 2.21 bits per heavy atom. The molecule has 1 fully saturated rings. The zero-order valence-electron chi connectivity index (χ0n) is 11.1. The Labute approximate surface area is 115 Å². The fraction of sp³-hybridized carbons (Fsp3) is 0.500. The van der Waals surface area contributed by atoms with Crippen LogP contribution in [-0.2, 0) is 26.0 Å². The Bertz CT molecular complexity index is 486. The largest absolute Gasteiger partial charge is 0.465 e. The zero-order valence-corrected chi connectivity index (χ0v) is 11.9. The molecule has 0 aromatic heterocycles. The Morgan fingerprint density at radius 1 is 1.47 bits per heavy atom. The SMILES string of the molecule is COC(=O)c1ccccc1CS(=O)C1CCOC1C. The summed E-state index contributed by atoms with van der Waals surface area (Å²) in [4.78, 5) is 11.7. The number of carbonyl (C=O) groups excluding carboxylic acids is 1. The number of carbonyl (C=O) groups is 1. The first-order valence-corrected chi connectivity index (χ1v) is 7.66. The summed E-state index contributed by atoms with van der Waals surface area (Å²) in [7, 11) is 0.312. The molecule has 0 bridgehead atoms. The standard InChI is InChI=1S/C14H18O4S/c1-10-13(7-8-18-10)19(16)9-11-5-3-4-6-12(11)14(15)17-2/h3-6,10,13H,7-9H2,1-2H3. The first-order valence-electron chi connectivity index (χ1n) is 6.28. The van der Waals surface area contributed by atoms with Gasteiger partial charge in [-0.05, 0) is 25.0 Å². The number of hydrogen-bond donors (Lipinski definition) is 0. The topological polar surface area (TPSA) is 52.6 Å². The van der Waals surface area contributed by atoms with Crippen molar-refractivity contribution in [2.75, 3.05) is 13.7 Å². The molecule has 0 saturated carbocycles. The van der Waals surface area contributed by atoms with Crippen LogP contribution in [0.5, 0.6) is 0 Å². The predicted molar refractivity (Wildman–Crippen MR) is 73.4 cm³/mol. The Morgan fingerprint density at radius 3 is 2.84 bits per heavy atom. The van der Waals surface area contributed by atoms with E-state index in [1.54, 1.807) is 12.1 Å². The molecule has 0 radical (unpaired) electrons. The molecule has 4 nitrogen and oxygen atoms in total. The van der Waals surface area contributed by atoms with Crippen molar-refractivity contribution in [3.63, 3.8) is 0 Å². The molecule has 2 rings (SSSR count). The molecule has 1 aromatic rings. The molecule has 104 valence electrons. The van der Waals surface area contributed by atoms with Crippen molar-refractivity contribution in [3.8, 4) is 0 Å². The third-order valence-corrected chi connectivity index (χ3v) is 5.25. The van der Waals surface area contributed by atoms with Crippen molar-refractivity contribution in [2.45, 2.75) is 30.5 Å². The minimum Gasteiger partial charge on any atom is -0.465 e. The van der Waals surface area contributed by atoms with E-state index >= 15 is 0 Å². The average molecular weight is 282 g/mol. The number of benzene rings is 1. The van der Waals surface area contributed by atoms with Gasteiger partial charge < -0.3 is 9.47 Å². The van der Waals surface area contributed by atoms with E-state index in [0.29, 0.717) is 17.9 Å². The van der Waals surface area contributed by atoms with Crippen molar-refractivity contribution >= 4 is 16.8 Å². The van der Waals surface area contributed by atoms with Crippen LogP contribution in [0.1, 0.15) is 29.3 Å². The second-order valence-corrected chi connectivity index (χ2v) is 6.23.